The first-order valence-electron chi connectivity index (χ1n) is 22.3. The molecule has 6 rings (SSSR count). The number of hydrogen-bond donors (Lipinski definition) is 0. The van der Waals surface area contributed by atoms with Gasteiger partial charge in [0.05, 0.1) is 0 Å². The van der Waals surface area contributed by atoms with E-state index in [2.05, 4.69) is 159 Å². The molecule has 0 aliphatic carbocycles. The average molecular weight is 904 g/mol. The van der Waals surface area contributed by atoms with E-state index >= 15 is 9.13 Å². The van der Waals surface area contributed by atoms with Crippen LogP contribution >= 0.6 is 15.6 Å². The molecule has 1 radical (unpaired) electrons. The van der Waals surface area contributed by atoms with E-state index in [4.69, 9.17) is 25.2 Å². The Bertz CT molecular complexity index is 2050. The average Bonchev–Trinajstić information content (AvgIpc) is 3.14. The van der Waals surface area contributed by atoms with Crippen molar-refractivity contribution in [2.24, 2.45) is 0 Å². The molecule has 62 heavy (non-hydrogen) atoms. The van der Waals surface area contributed by atoms with Crippen molar-refractivity contribution in [1.29, 1.82) is 0 Å². The highest BCUT2D eigenvalue weighted by Crippen LogP contribution is 2.59. The van der Waals surface area contributed by atoms with Gasteiger partial charge in [0.1, 0.15) is 23.0 Å². The lowest BCUT2D eigenvalue weighted by atomic mass is 9.87. The highest BCUT2D eigenvalue weighted by molar-refractivity contribution is 7.52. The SMILES string of the molecule is CC(C)c1cc2c(c(C(C)C)c1)OP(=O)([O][Al][O]P1(=O)Oc3c(cc(C(C)C)cc3C(C)C)Cc3cc(C(C)C)cc(C(C)C)c3O1)Oc1c(cc(C(C)C)cc1C(C)C)C2.O. The van der Waals surface area contributed by atoms with Crippen molar-refractivity contribution in [3.05, 3.63) is 115 Å². The molecular formula is C50H70AlO9P2. The van der Waals surface area contributed by atoms with Crippen molar-refractivity contribution in [2.75, 3.05) is 0 Å². The van der Waals surface area contributed by atoms with Gasteiger partial charge in [0.25, 0.3) is 0 Å². The number of phosphoric ester groups is 2. The van der Waals surface area contributed by atoms with Crippen molar-refractivity contribution < 1.29 is 39.9 Å². The molecule has 0 amide bonds. The summed E-state index contributed by atoms with van der Waals surface area (Å²) in [6.07, 6.45) is 1.05. The molecule has 4 aromatic rings. The van der Waals surface area contributed by atoms with Crippen molar-refractivity contribution in [3.8, 4) is 23.0 Å². The van der Waals surface area contributed by atoms with Crippen molar-refractivity contribution in [2.45, 2.75) is 171 Å². The van der Waals surface area contributed by atoms with E-state index in [-0.39, 0.29) is 52.8 Å². The third kappa shape index (κ3) is 10.7. The second-order valence-electron chi connectivity index (χ2n) is 19.6. The number of phosphoric acid groups is 2. The summed E-state index contributed by atoms with van der Waals surface area (Å²) in [4.78, 5) is 0. The maximum atomic E-state index is 15.4. The van der Waals surface area contributed by atoms with Gasteiger partial charge in [0, 0.05) is 12.8 Å². The summed E-state index contributed by atoms with van der Waals surface area (Å²) < 4.78 is 69.5. The number of hydrogen-bond acceptors (Lipinski definition) is 8. The summed E-state index contributed by atoms with van der Waals surface area (Å²) >= 11 is -1.80. The van der Waals surface area contributed by atoms with Gasteiger partial charge >= 0.3 is 31.5 Å². The van der Waals surface area contributed by atoms with E-state index in [1.807, 2.05) is 0 Å². The van der Waals surface area contributed by atoms with E-state index in [0.29, 0.717) is 35.8 Å². The van der Waals surface area contributed by atoms with Crippen LogP contribution in [0.5, 0.6) is 23.0 Å². The monoisotopic (exact) mass is 903 g/mol. The molecule has 0 bridgehead atoms. The van der Waals surface area contributed by atoms with Crippen LogP contribution in [0.15, 0.2) is 48.5 Å². The molecule has 337 valence electrons. The molecule has 4 aromatic carbocycles. The molecule has 2 N–H and O–H groups in total. The summed E-state index contributed by atoms with van der Waals surface area (Å²) in [5, 5.41) is 0. The molecule has 12 heteroatoms. The summed E-state index contributed by atoms with van der Waals surface area (Å²) in [6, 6.07) is 17.1. The Labute approximate surface area is 378 Å². The second kappa shape index (κ2) is 19.6. The zero-order chi connectivity index (χ0) is 44.9. The first-order valence-corrected chi connectivity index (χ1v) is 26.2. The predicted octanol–water partition coefficient (Wildman–Crippen LogP) is 15.1. The van der Waals surface area contributed by atoms with Crippen molar-refractivity contribution in [3.63, 3.8) is 0 Å². The van der Waals surface area contributed by atoms with Crippen LogP contribution in [-0.2, 0) is 29.1 Å². The lowest BCUT2D eigenvalue weighted by Gasteiger charge is -2.31. The Morgan fingerprint density at radius 3 is 0.774 bits per heavy atom. The molecule has 0 atom stereocenters. The highest BCUT2D eigenvalue weighted by atomic mass is 31.2. The molecule has 0 unspecified atom stereocenters. The fraction of sp³-hybridized carbons (Fsp3) is 0.520. The Hall–Kier alpha value is -3.05. The molecule has 0 saturated carbocycles. The third-order valence-corrected chi connectivity index (χ3v) is 16.3. The van der Waals surface area contributed by atoms with Crippen molar-refractivity contribution in [1.82, 2.24) is 0 Å². The molecule has 0 aromatic heterocycles. The van der Waals surface area contributed by atoms with E-state index < -0.39 is 31.5 Å². The van der Waals surface area contributed by atoms with Gasteiger partial charge in [-0.05, 0) is 114 Å². The van der Waals surface area contributed by atoms with E-state index in [1.165, 1.54) is 22.3 Å². The van der Waals surface area contributed by atoms with Crippen LogP contribution in [0.3, 0.4) is 0 Å². The molecule has 2 aliphatic heterocycles. The fourth-order valence-corrected chi connectivity index (χ4v) is 12.0. The van der Waals surface area contributed by atoms with Crippen LogP contribution in [0.25, 0.3) is 0 Å². The topological polar surface area (TPSA) is 121 Å². The quantitative estimate of drug-likeness (QED) is 0.102. The zero-order valence-electron chi connectivity index (χ0n) is 39.9. The van der Waals surface area contributed by atoms with Gasteiger partial charge in [-0.1, -0.05) is 159 Å². The largest absolute Gasteiger partial charge is 0.689 e. The molecule has 9 nitrogen and oxygen atoms in total. The van der Waals surface area contributed by atoms with E-state index in [0.717, 1.165) is 44.5 Å². The standard InChI is InChI=1S/2C25H35O4P.Al.H2O/c2*1-14(2)18-9-20-11-21-10-19(15(3)4)13-23(17(7)8)25(21)29-30(26,27)28-24(20)22(12-18)16(5)6;;/h2*9-10,12-17H,11H2,1-8H3,(H,26,27);;1H2/q;;+2;/p-2. The molecule has 0 spiro atoms. The zero-order valence-corrected chi connectivity index (χ0v) is 42.8. The Kier molecular flexibility index (Phi) is 15.8. The lowest BCUT2D eigenvalue weighted by Crippen LogP contribution is -2.19. The lowest BCUT2D eigenvalue weighted by molar-refractivity contribution is 0.258. The van der Waals surface area contributed by atoms with Crippen LogP contribution in [0.4, 0.5) is 0 Å². The highest BCUT2D eigenvalue weighted by Gasteiger charge is 2.43. The molecule has 2 aliphatic rings. The van der Waals surface area contributed by atoms with Gasteiger partial charge in [0.15, 0.2) is 0 Å². The van der Waals surface area contributed by atoms with E-state index in [9.17, 15) is 0 Å². The fourth-order valence-electron chi connectivity index (χ4n) is 8.08. The Morgan fingerprint density at radius 1 is 0.387 bits per heavy atom. The van der Waals surface area contributed by atoms with Gasteiger partial charge in [-0.3, -0.25) is 0 Å². The first-order chi connectivity index (χ1) is 28.5. The summed E-state index contributed by atoms with van der Waals surface area (Å²) in [5.74, 6) is 3.13. The van der Waals surface area contributed by atoms with E-state index in [1.54, 1.807) is 0 Å². The Morgan fingerprint density at radius 2 is 0.597 bits per heavy atom. The number of rotatable bonds is 12. The minimum atomic E-state index is -4.52. The minimum absolute atomic E-state index is 0. The minimum Gasteiger partial charge on any atom is -0.412 e. The van der Waals surface area contributed by atoms with Crippen LogP contribution < -0.4 is 18.1 Å². The van der Waals surface area contributed by atoms with Crippen molar-refractivity contribution >= 4 is 31.5 Å². The maximum Gasteiger partial charge on any atom is 0.689 e. The van der Waals surface area contributed by atoms with Crippen LogP contribution in [-0.4, -0.2) is 21.4 Å². The normalized spacial score (nSPS) is 15.4. The number of benzene rings is 4. The predicted molar refractivity (Wildman–Crippen MR) is 253 cm³/mol. The van der Waals surface area contributed by atoms with Crippen LogP contribution in [0.2, 0.25) is 0 Å². The van der Waals surface area contributed by atoms with Crippen LogP contribution in [0, 0.1) is 0 Å². The third-order valence-electron chi connectivity index (χ3n) is 11.9. The number of fused-ring (bicyclic) bond motifs is 4. The smallest absolute Gasteiger partial charge is 0.412 e. The van der Waals surface area contributed by atoms with Gasteiger partial charge < -0.3 is 30.7 Å². The maximum absolute atomic E-state index is 15.4. The van der Waals surface area contributed by atoms with Gasteiger partial charge in [-0.15, -0.1) is 0 Å². The molecule has 2 heterocycles. The Balaban J connectivity index is 0.00000726. The van der Waals surface area contributed by atoms with Gasteiger partial charge in [-0.25, -0.2) is 9.13 Å². The summed E-state index contributed by atoms with van der Waals surface area (Å²) in [5.41, 5.74) is 12.0. The van der Waals surface area contributed by atoms with Gasteiger partial charge in [0.2, 0.25) is 0 Å². The first kappa shape index (κ1) is 50.0. The van der Waals surface area contributed by atoms with Gasteiger partial charge in [-0.2, -0.15) is 0 Å². The second-order valence-corrected chi connectivity index (χ2v) is 23.9. The summed E-state index contributed by atoms with van der Waals surface area (Å²) in [7, 11) is -9.03. The molecule has 0 fully saturated rings. The van der Waals surface area contributed by atoms with Crippen LogP contribution in [0.1, 0.15) is 225 Å². The molecule has 0 saturated heterocycles. The summed E-state index contributed by atoms with van der Waals surface area (Å²) in [6.45, 7) is 34.2. The molecular weight excluding hydrogens is 833 g/mol.